The van der Waals surface area contributed by atoms with E-state index >= 15 is 0 Å². The van der Waals surface area contributed by atoms with Gasteiger partial charge >= 0.3 is 12.0 Å². The molecule has 1 atom stereocenters. The summed E-state index contributed by atoms with van der Waals surface area (Å²) >= 11 is 5.99. The van der Waals surface area contributed by atoms with Gasteiger partial charge in [0.05, 0.1) is 17.6 Å². The number of halogens is 1. The van der Waals surface area contributed by atoms with Crippen molar-refractivity contribution in [1.82, 2.24) is 14.1 Å². The Labute approximate surface area is 211 Å². The monoisotopic (exact) mass is 519 g/mol. The molecule has 0 N–H and O–H groups in total. The molecule has 1 unspecified atom stereocenters. The third-order valence-corrected chi connectivity index (χ3v) is 8.75. The molecular formula is C25H30ClN3O5S. The van der Waals surface area contributed by atoms with Gasteiger partial charge in [-0.2, -0.15) is 4.31 Å². The second-order valence-electron chi connectivity index (χ2n) is 8.91. The van der Waals surface area contributed by atoms with Crippen LogP contribution in [0, 0.1) is 0 Å². The SMILES string of the molecule is COC(=O)c1ccc(CN(C2CCCN(C(=O)N3CCCC3)C2)S(=O)(=O)c2ccc(Cl)cc2)cc1. The maximum Gasteiger partial charge on any atom is 0.337 e. The number of carbonyl (C=O) groups is 2. The molecule has 2 fully saturated rings. The summed E-state index contributed by atoms with van der Waals surface area (Å²) in [6.07, 6.45) is 3.37. The maximum atomic E-state index is 13.8. The highest BCUT2D eigenvalue weighted by Gasteiger charge is 2.37. The van der Waals surface area contributed by atoms with Crippen molar-refractivity contribution in [3.05, 3.63) is 64.7 Å². The molecular weight excluding hydrogens is 490 g/mol. The molecule has 2 aliphatic heterocycles. The predicted molar refractivity (Wildman–Crippen MR) is 133 cm³/mol. The molecule has 0 spiro atoms. The minimum absolute atomic E-state index is 0.0153. The van der Waals surface area contributed by atoms with E-state index < -0.39 is 16.0 Å². The van der Waals surface area contributed by atoms with Gasteiger partial charge < -0.3 is 14.5 Å². The molecule has 0 radical (unpaired) electrons. The van der Waals surface area contributed by atoms with Gasteiger partial charge in [-0.3, -0.25) is 0 Å². The normalized spacial score (nSPS) is 18.7. The summed E-state index contributed by atoms with van der Waals surface area (Å²) in [5.41, 5.74) is 1.13. The number of esters is 1. The first kappa shape index (κ1) is 25.5. The number of piperidine rings is 1. The lowest BCUT2D eigenvalue weighted by Crippen LogP contribution is -2.53. The summed E-state index contributed by atoms with van der Waals surface area (Å²) < 4.78 is 33.8. The summed E-state index contributed by atoms with van der Waals surface area (Å²) in [5, 5.41) is 0.453. The van der Waals surface area contributed by atoms with Crippen LogP contribution in [0.4, 0.5) is 4.79 Å². The van der Waals surface area contributed by atoms with E-state index in [1.165, 1.54) is 23.5 Å². The van der Waals surface area contributed by atoms with Gasteiger partial charge in [0.25, 0.3) is 0 Å². The second-order valence-corrected chi connectivity index (χ2v) is 11.2. The lowest BCUT2D eigenvalue weighted by Gasteiger charge is -2.40. The van der Waals surface area contributed by atoms with Gasteiger partial charge in [0.15, 0.2) is 0 Å². The zero-order valence-corrected chi connectivity index (χ0v) is 21.3. The van der Waals surface area contributed by atoms with Crippen LogP contribution in [0.15, 0.2) is 53.4 Å². The number of hydrogen-bond donors (Lipinski definition) is 0. The summed E-state index contributed by atoms with van der Waals surface area (Å²) in [6.45, 7) is 2.57. The first-order valence-corrected chi connectivity index (χ1v) is 13.6. The van der Waals surface area contributed by atoms with Crippen LogP contribution in [-0.2, 0) is 21.3 Å². The molecule has 0 saturated carbocycles. The third kappa shape index (κ3) is 5.79. The lowest BCUT2D eigenvalue weighted by atomic mass is 10.0. The van der Waals surface area contributed by atoms with Gasteiger partial charge in [-0.15, -0.1) is 0 Å². The van der Waals surface area contributed by atoms with Crippen molar-refractivity contribution >= 4 is 33.6 Å². The summed E-state index contributed by atoms with van der Waals surface area (Å²) in [6, 6.07) is 12.4. The molecule has 0 aliphatic carbocycles. The van der Waals surface area contributed by atoms with Crippen LogP contribution in [0.2, 0.25) is 5.02 Å². The highest BCUT2D eigenvalue weighted by Crippen LogP contribution is 2.28. The largest absolute Gasteiger partial charge is 0.465 e. The van der Waals surface area contributed by atoms with Crippen molar-refractivity contribution in [2.24, 2.45) is 0 Å². The molecule has 2 aromatic rings. The van der Waals surface area contributed by atoms with E-state index in [-0.39, 0.29) is 23.5 Å². The molecule has 0 bridgehead atoms. The Balaban J connectivity index is 1.62. The van der Waals surface area contributed by atoms with Crippen molar-refractivity contribution < 1.29 is 22.7 Å². The number of ether oxygens (including phenoxy) is 1. The lowest BCUT2D eigenvalue weighted by molar-refractivity contribution is 0.0600. The molecule has 2 saturated heterocycles. The average molecular weight is 520 g/mol. The number of urea groups is 1. The van der Waals surface area contributed by atoms with Crippen molar-refractivity contribution in [3.63, 3.8) is 0 Å². The number of methoxy groups -OCH3 is 1. The quantitative estimate of drug-likeness (QED) is 0.538. The summed E-state index contributed by atoms with van der Waals surface area (Å²) in [4.78, 5) is 28.6. The van der Waals surface area contributed by atoms with Crippen LogP contribution in [-0.4, -0.2) is 73.9 Å². The Morgan fingerprint density at radius 1 is 0.971 bits per heavy atom. The Kier molecular flexibility index (Phi) is 7.98. The van der Waals surface area contributed by atoms with Crippen LogP contribution in [0.1, 0.15) is 41.6 Å². The van der Waals surface area contributed by atoms with Gasteiger partial charge in [0.2, 0.25) is 10.0 Å². The number of rotatable bonds is 6. The van der Waals surface area contributed by atoms with Crippen LogP contribution in [0.5, 0.6) is 0 Å². The number of hydrogen-bond acceptors (Lipinski definition) is 5. The van der Waals surface area contributed by atoms with Crippen molar-refractivity contribution in [3.8, 4) is 0 Å². The fourth-order valence-corrected chi connectivity index (χ4v) is 6.43. The molecule has 35 heavy (non-hydrogen) atoms. The number of likely N-dealkylation sites (tertiary alicyclic amines) is 2. The van der Waals surface area contributed by atoms with Crippen LogP contribution < -0.4 is 0 Å². The predicted octanol–water partition coefficient (Wildman–Crippen LogP) is 4.00. The molecule has 2 amide bonds. The van der Waals surface area contributed by atoms with Crippen LogP contribution in [0.3, 0.4) is 0 Å². The van der Waals surface area contributed by atoms with E-state index in [2.05, 4.69) is 0 Å². The fourth-order valence-electron chi connectivity index (χ4n) is 4.67. The summed E-state index contributed by atoms with van der Waals surface area (Å²) in [7, 11) is -2.57. The van der Waals surface area contributed by atoms with Crippen molar-refractivity contribution in [2.45, 2.75) is 43.2 Å². The number of amides is 2. The zero-order chi connectivity index (χ0) is 25.0. The zero-order valence-electron chi connectivity index (χ0n) is 19.7. The third-order valence-electron chi connectivity index (χ3n) is 6.58. The molecule has 10 heteroatoms. The smallest absolute Gasteiger partial charge is 0.337 e. The Bertz CT molecular complexity index is 1150. The molecule has 4 rings (SSSR count). The van der Waals surface area contributed by atoms with Gasteiger partial charge in [-0.25, -0.2) is 18.0 Å². The van der Waals surface area contributed by atoms with Gasteiger partial charge in [0, 0.05) is 43.8 Å². The minimum atomic E-state index is -3.88. The number of benzene rings is 2. The topological polar surface area (TPSA) is 87.2 Å². The standard InChI is InChI=1S/C25H30ClN3O5S/c1-34-24(30)20-8-6-19(7-9-20)17-29(35(32,33)23-12-10-21(26)11-13-23)22-5-4-16-28(18-22)25(31)27-14-2-3-15-27/h6-13,22H,2-5,14-18H2,1H3. The summed E-state index contributed by atoms with van der Waals surface area (Å²) in [5.74, 6) is -0.453. The van der Waals surface area contributed by atoms with E-state index in [9.17, 15) is 18.0 Å². The van der Waals surface area contributed by atoms with Crippen LogP contribution in [0.25, 0.3) is 0 Å². The van der Waals surface area contributed by atoms with Crippen LogP contribution >= 0.6 is 11.6 Å². The first-order valence-electron chi connectivity index (χ1n) is 11.8. The van der Waals surface area contributed by atoms with E-state index in [0.717, 1.165) is 37.9 Å². The molecule has 2 heterocycles. The van der Waals surface area contributed by atoms with Gasteiger partial charge in [0.1, 0.15) is 0 Å². The first-order chi connectivity index (χ1) is 16.8. The van der Waals surface area contributed by atoms with E-state index in [4.69, 9.17) is 16.3 Å². The van der Waals surface area contributed by atoms with E-state index in [1.807, 2.05) is 4.90 Å². The Morgan fingerprint density at radius 2 is 1.60 bits per heavy atom. The highest BCUT2D eigenvalue weighted by molar-refractivity contribution is 7.89. The van der Waals surface area contributed by atoms with Gasteiger partial charge in [-0.1, -0.05) is 23.7 Å². The maximum absolute atomic E-state index is 13.8. The molecule has 8 nitrogen and oxygen atoms in total. The fraction of sp³-hybridized carbons (Fsp3) is 0.440. The van der Waals surface area contributed by atoms with E-state index in [0.29, 0.717) is 30.1 Å². The number of sulfonamides is 1. The van der Waals surface area contributed by atoms with E-state index in [1.54, 1.807) is 41.3 Å². The molecule has 188 valence electrons. The number of nitrogens with zero attached hydrogens (tertiary/aromatic N) is 3. The molecule has 2 aromatic carbocycles. The van der Waals surface area contributed by atoms with Crippen molar-refractivity contribution in [2.75, 3.05) is 33.3 Å². The van der Waals surface area contributed by atoms with Crippen molar-refractivity contribution in [1.29, 1.82) is 0 Å². The Hall–Kier alpha value is -2.62. The molecule has 2 aliphatic rings. The average Bonchev–Trinajstić information content (AvgIpc) is 3.42. The Morgan fingerprint density at radius 3 is 2.23 bits per heavy atom. The highest BCUT2D eigenvalue weighted by atomic mass is 35.5. The second kappa shape index (κ2) is 11.0. The molecule has 0 aromatic heterocycles. The minimum Gasteiger partial charge on any atom is -0.465 e. The number of carbonyl (C=O) groups excluding carboxylic acids is 2. The van der Waals surface area contributed by atoms with Gasteiger partial charge in [-0.05, 0) is 67.6 Å².